The highest BCUT2D eigenvalue weighted by molar-refractivity contribution is 5.86. The number of nitrogens with one attached hydrogen (secondary N) is 2. The summed E-state index contributed by atoms with van der Waals surface area (Å²) < 4.78 is 39.4. The molecule has 1 aliphatic carbocycles. The molecule has 2 aromatic carbocycles. The van der Waals surface area contributed by atoms with E-state index in [1.54, 1.807) is 18.2 Å². The average Bonchev–Trinajstić information content (AvgIpc) is 3.09. The van der Waals surface area contributed by atoms with Crippen LogP contribution in [0.4, 0.5) is 13.2 Å². The predicted molar refractivity (Wildman–Crippen MR) is 116 cm³/mol. The molecule has 172 valence electrons. The van der Waals surface area contributed by atoms with Gasteiger partial charge in [0, 0.05) is 29.6 Å². The molecule has 1 amide bonds. The SMILES string of the molecule is CC(C)(O)C(O)CNC(=O)C1CCC1.Fc1ccc(-c2cc3cc(F)cc(F)c3[nH]2)cc1. The summed E-state index contributed by atoms with van der Waals surface area (Å²) in [7, 11) is 0. The number of fused-ring (bicyclic) bond motifs is 1. The fourth-order valence-corrected chi connectivity index (χ4v) is 3.21. The molecule has 0 spiro atoms. The number of carbonyl (C=O) groups excluding carboxylic acids is 1. The van der Waals surface area contributed by atoms with E-state index in [0.29, 0.717) is 16.6 Å². The molecule has 5 nitrogen and oxygen atoms in total. The third-order valence-corrected chi connectivity index (χ3v) is 5.56. The second-order valence-electron chi connectivity index (χ2n) is 8.58. The fraction of sp³-hybridized carbons (Fsp3) is 0.375. The maximum absolute atomic E-state index is 13.5. The maximum Gasteiger partial charge on any atom is 0.223 e. The quantitative estimate of drug-likeness (QED) is 0.470. The highest BCUT2D eigenvalue weighted by atomic mass is 19.1. The molecule has 3 aromatic rings. The highest BCUT2D eigenvalue weighted by Crippen LogP contribution is 2.27. The molecular formula is C24H27F3N2O3. The fourth-order valence-electron chi connectivity index (χ4n) is 3.21. The largest absolute Gasteiger partial charge is 0.388 e. The summed E-state index contributed by atoms with van der Waals surface area (Å²) in [4.78, 5) is 14.2. The summed E-state index contributed by atoms with van der Waals surface area (Å²) in [6.45, 7) is 3.17. The van der Waals surface area contributed by atoms with Gasteiger partial charge in [0.2, 0.25) is 5.91 Å². The molecule has 4 N–H and O–H groups in total. The molecule has 1 unspecified atom stereocenters. The van der Waals surface area contributed by atoms with Crippen LogP contribution in [-0.2, 0) is 4.79 Å². The van der Waals surface area contributed by atoms with Crippen LogP contribution in [0.2, 0.25) is 0 Å². The van der Waals surface area contributed by atoms with Crippen LogP contribution in [0.15, 0.2) is 42.5 Å². The first-order valence-corrected chi connectivity index (χ1v) is 10.5. The Morgan fingerprint density at radius 2 is 1.78 bits per heavy atom. The molecule has 1 heterocycles. The van der Waals surface area contributed by atoms with E-state index < -0.39 is 23.3 Å². The topological polar surface area (TPSA) is 85.3 Å². The minimum Gasteiger partial charge on any atom is -0.388 e. The van der Waals surface area contributed by atoms with Crippen molar-refractivity contribution in [2.75, 3.05) is 6.54 Å². The monoisotopic (exact) mass is 448 g/mol. The molecule has 1 aliphatic rings. The van der Waals surface area contributed by atoms with Gasteiger partial charge in [-0.15, -0.1) is 0 Å². The Balaban J connectivity index is 0.000000188. The van der Waals surface area contributed by atoms with Crippen LogP contribution >= 0.6 is 0 Å². The smallest absolute Gasteiger partial charge is 0.223 e. The van der Waals surface area contributed by atoms with Crippen molar-refractivity contribution in [2.45, 2.75) is 44.8 Å². The van der Waals surface area contributed by atoms with Gasteiger partial charge in [-0.1, -0.05) is 6.42 Å². The van der Waals surface area contributed by atoms with Gasteiger partial charge in [-0.3, -0.25) is 4.79 Å². The number of aliphatic hydroxyl groups excluding tert-OH is 1. The van der Waals surface area contributed by atoms with Gasteiger partial charge in [0.15, 0.2) is 0 Å². The van der Waals surface area contributed by atoms with Crippen LogP contribution in [-0.4, -0.2) is 39.4 Å². The van der Waals surface area contributed by atoms with Crippen LogP contribution in [0.25, 0.3) is 22.2 Å². The molecule has 1 atom stereocenters. The zero-order valence-electron chi connectivity index (χ0n) is 18.0. The minimum absolute atomic E-state index is 0.000417. The standard InChI is InChI=1S/C14H8F3N.C10H19NO3/c15-10-3-1-8(2-4-10)13-6-9-5-11(16)7-12(17)14(9)18-13;1-10(2,14)8(12)6-11-9(13)7-4-3-5-7/h1-7,18H;7-8,12,14H,3-6H2,1-2H3,(H,11,13). The van der Waals surface area contributed by atoms with Gasteiger partial charge in [0.25, 0.3) is 0 Å². The average molecular weight is 448 g/mol. The van der Waals surface area contributed by atoms with Crippen LogP contribution in [0.3, 0.4) is 0 Å². The molecule has 4 rings (SSSR count). The molecule has 32 heavy (non-hydrogen) atoms. The Morgan fingerprint density at radius 1 is 1.12 bits per heavy atom. The van der Waals surface area contributed by atoms with Crippen molar-refractivity contribution in [3.63, 3.8) is 0 Å². The summed E-state index contributed by atoms with van der Waals surface area (Å²) in [5, 5.41) is 21.9. The second kappa shape index (κ2) is 9.75. The van der Waals surface area contributed by atoms with Crippen LogP contribution < -0.4 is 5.32 Å². The van der Waals surface area contributed by atoms with Gasteiger partial charge in [-0.05, 0) is 68.7 Å². The van der Waals surface area contributed by atoms with E-state index in [0.717, 1.165) is 25.3 Å². The lowest BCUT2D eigenvalue weighted by Gasteiger charge is -2.28. The molecule has 1 saturated carbocycles. The number of aromatic amines is 1. The summed E-state index contributed by atoms with van der Waals surface area (Å²) >= 11 is 0. The van der Waals surface area contributed by atoms with E-state index >= 15 is 0 Å². The molecule has 0 radical (unpaired) electrons. The summed E-state index contributed by atoms with van der Waals surface area (Å²) in [6, 6.07) is 9.50. The van der Waals surface area contributed by atoms with Gasteiger partial charge in [-0.2, -0.15) is 0 Å². The number of aliphatic hydroxyl groups is 2. The van der Waals surface area contributed by atoms with Crippen molar-refractivity contribution in [3.05, 3.63) is 59.9 Å². The first-order chi connectivity index (χ1) is 15.0. The van der Waals surface area contributed by atoms with Crippen molar-refractivity contribution in [3.8, 4) is 11.3 Å². The van der Waals surface area contributed by atoms with E-state index in [1.165, 1.54) is 32.0 Å². The molecule has 1 fully saturated rings. The Bertz CT molecular complexity index is 1070. The number of hydrogen-bond donors (Lipinski definition) is 4. The normalized spacial score (nSPS) is 15.0. The third-order valence-electron chi connectivity index (χ3n) is 5.56. The van der Waals surface area contributed by atoms with Gasteiger partial charge < -0.3 is 20.5 Å². The molecule has 0 aliphatic heterocycles. The van der Waals surface area contributed by atoms with E-state index in [1.807, 2.05) is 0 Å². The van der Waals surface area contributed by atoms with Crippen LogP contribution in [0.1, 0.15) is 33.1 Å². The van der Waals surface area contributed by atoms with Gasteiger partial charge in [0.05, 0.1) is 17.2 Å². The third kappa shape index (κ3) is 5.89. The van der Waals surface area contributed by atoms with Gasteiger partial charge in [0.1, 0.15) is 17.5 Å². The van der Waals surface area contributed by atoms with Gasteiger partial charge in [-0.25, -0.2) is 13.2 Å². The lowest BCUT2D eigenvalue weighted by molar-refractivity contribution is -0.128. The molecular weight excluding hydrogens is 421 g/mol. The van der Waals surface area contributed by atoms with Crippen molar-refractivity contribution in [2.24, 2.45) is 5.92 Å². The van der Waals surface area contributed by atoms with Gasteiger partial charge >= 0.3 is 0 Å². The number of rotatable bonds is 5. The lowest BCUT2D eigenvalue weighted by atomic mass is 9.85. The van der Waals surface area contributed by atoms with Crippen molar-refractivity contribution in [1.82, 2.24) is 10.3 Å². The number of halogens is 3. The van der Waals surface area contributed by atoms with Crippen molar-refractivity contribution in [1.29, 1.82) is 0 Å². The van der Waals surface area contributed by atoms with Crippen molar-refractivity contribution < 1.29 is 28.2 Å². The summed E-state index contributed by atoms with van der Waals surface area (Å²) in [5.41, 5.74) is 0.421. The maximum atomic E-state index is 13.5. The number of amides is 1. The Hall–Kier alpha value is -2.84. The van der Waals surface area contributed by atoms with Crippen molar-refractivity contribution >= 4 is 16.8 Å². The number of benzene rings is 2. The van der Waals surface area contributed by atoms with Crippen LogP contribution in [0, 0.1) is 23.4 Å². The summed E-state index contributed by atoms with van der Waals surface area (Å²) in [5.74, 6) is -1.47. The Labute approximate surface area is 184 Å². The highest BCUT2D eigenvalue weighted by Gasteiger charge is 2.28. The zero-order valence-corrected chi connectivity index (χ0v) is 18.0. The molecule has 0 saturated heterocycles. The first-order valence-electron chi connectivity index (χ1n) is 10.5. The lowest BCUT2D eigenvalue weighted by Crippen LogP contribution is -2.46. The number of aromatic nitrogens is 1. The molecule has 8 heteroatoms. The van der Waals surface area contributed by atoms with E-state index in [9.17, 15) is 28.2 Å². The second-order valence-corrected chi connectivity index (χ2v) is 8.58. The first kappa shape index (κ1) is 23.8. The van der Waals surface area contributed by atoms with Crippen LogP contribution in [0.5, 0.6) is 0 Å². The van der Waals surface area contributed by atoms with E-state index in [-0.39, 0.29) is 29.7 Å². The van der Waals surface area contributed by atoms with E-state index in [4.69, 9.17) is 0 Å². The Morgan fingerprint density at radius 3 is 2.34 bits per heavy atom. The van der Waals surface area contributed by atoms with E-state index in [2.05, 4.69) is 10.3 Å². The molecule has 1 aromatic heterocycles. The number of carbonyl (C=O) groups is 1. The predicted octanol–water partition coefficient (Wildman–Crippen LogP) is 4.29. The number of H-pyrrole nitrogens is 1. The zero-order chi connectivity index (χ0) is 23.5. The molecule has 0 bridgehead atoms. The number of hydrogen-bond acceptors (Lipinski definition) is 3. The Kier molecular flexibility index (Phi) is 7.26. The summed E-state index contributed by atoms with van der Waals surface area (Å²) in [6.07, 6.45) is 2.10. The minimum atomic E-state index is -1.16.